The third-order valence-corrected chi connectivity index (χ3v) is 5.30. The molecule has 0 heterocycles. The molecule has 0 aromatic heterocycles. The van der Waals surface area contributed by atoms with Crippen LogP contribution in [-0.2, 0) is 28.9 Å². The van der Waals surface area contributed by atoms with E-state index in [2.05, 4.69) is 10.0 Å². The van der Waals surface area contributed by atoms with Gasteiger partial charge in [-0.2, -0.15) is 0 Å². The lowest BCUT2D eigenvalue weighted by Crippen LogP contribution is -2.31. The average Bonchev–Trinajstić information content (AvgIpc) is 2.56. The number of para-hydroxylation sites is 1. The maximum atomic E-state index is 12.2. The molecule has 0 aliphatic rings. The Morgan fingerprint density at radius 3 is 2.15 bits per heavy atom. The number of benzene rings is 2. The maximum absolute atomic E-state index is 12.2. The van der Waals surface area contributed by atoms with Gasteiger partial charge in [-0.15, -0.1) is 0 Å². The van der Waals surface area contributed by atoms with E-state index in [0.29, 0.717) is 19.7 Å². The SMILES string of the molecule is CCOc1ccccc1CNCc1ccccc1CS(=O)(=O)NC(C)C. The molecule has 0 unspecified atom stereocenters. The molecule has 2 aromatic rings. The highest BCUT2D eigenvalue weighted by Crippen LogP contribution is 2.18. The first-order valence-corrected chi connectivity index (χ1v) is 10.5. The van der Waals surface area contributed by atoms with Gasteiger partial charge in [0.2, 0.25) is 10.0 Å². The van der Waals surface area contributed by atoms with Crippen LogP contribution < -0.4 is 14.8 Å². The van der Waals surface area contributed by atoms with Gasteiger partial charge >= 0.3 is 0 Å². The largest absolute Gasteiger partial charge is 0.494 e. The lowest BCUT2D eigenvalue weighted by molar-refractivity contribution is 0.335. The highest BCUT2D eigenvalue weighted by atomic mass is 32.2. The van der Waals surface area contributed by atoms with E-state index in [1.807, 2.05) is 69.3 Å². The van der Waals surface area contributed by atoms with E-state index in [9.17, 15) is 8.42 Å². The van der Waals surface area contributed by atoms with E-state index in [4.69, 9.17) is 4.74 Å². The molecule has 2 rings (SSSR count). The predicted molar refractivity (Wildman–Crippen MR) is 105 cm³/mol. The first-order valence-electron chi connectivity index (χ1n) is 8.89. The van der Waals surface area contributed by atoms with Crippen molar-refractivity contribution in [2.75, 3.05) is 6.61 Å². The minimum atomic E-state index is -3.35. The van der Waals surface area contributed by atoms with Gasteiger partial charge < -0.3 is 10.1 Å². The number of sulfonamides is 1. The second-order valence-electron chi connectivity index (χ2n) is 6.44. The quantitative estimate of drug-likeness (QED) is 0.668. The molecule has 0 saturated carbocycles. The zero-order valence-electron chi connectivity index (χ0n) is 15.7. The number of ether oxygens (including phenoxy) is 1. The fourth-order valence-electron chi connectivity index (χ4n) is 2.75. The Labute approximate surface area is 156 Å². The van der Waals surface area contributed by atoms with Crippen LogP contribution in [0.4, 0.5) is 0 Å². The van der Waals surface area contributed by atoms with Gasteiger partial charge in [-0.05, 0) is 38.0 Å². The Kier molecular flexibility index (Phi) is 7.63. The monoisotopic (exact) mass is 376 g/mol. The van der Waals surface area contributed by atoms with Crippen molar-refractivity contribution in [3.63, 3.8) is 0 Å². The van der Waals surface area contributed by atoms with Crippen molar-refractivity contribution in [3.8, 4) is 5.75 Å². The summed E-state index contributed by atoms with van der Waals surface area (Å²) in [6, 6.07) is 15.4. The van der Waals surface area contributed by atoms with Crippen LogP contribution in [0.3, 0.4) is 0 Å². The highest BCUT2D eigenvalue weighted by molar-refractivity contribution is 7.88. The second-order valence-corrected chi connectivity index (χ2v) is 8.20. The molecular formula is C20H28N2O3S. The van der Waals surface area contributed by atoms with Gasteiger partial charge in [-0.1, -0.05) is 42.5 Å². The lowest BCUT2D eigenvalue weighted by atomic mass is 10.1. The molecule has 0 spiro atoms. The van der Waals surface area contributed by atoms with E-state index < -0.39 is 10.0 Å². The highest BCUT2D eigenvalue weighted by Gasteiger charge is 2.15. The average molecular weight is 377 g/mol. The molecule has 0 fully saturated rings. The molecule has 6 heteroatoms. The summed E-state index contributed by atoms with van der Waals surface area (Å²) in [6.45, 7) is 7.48. The fraction of sp³-hybridized carbons (Fsp3) is 0.400. The molecule has 0 amide bonds. The van der Waals surface area contributed by atoms with Crippen molar-refractivity contribution in [1.82, 2.24) is 10.0 Å². The summed E-state index contributed by atoms with van der Waals surface area (Å²) in [6.07, 6.45) is 0. The molecule has 0 saturated heterocycles. The van der Waals surface area contributed by atoms with Crippen LogP contribution in [0.1, 0.15) is 37.5 Å². The van der Waals surface area contributed by atoms with Crippen LogP contribution in [0.2, 0.25) is 0 Å². The Bertz CT molecular complexity index is 804. The molecule has 2 aromatic carbocycles. The van der Waals surface area contributed by atoms with Crippen LogP contribution in [0.25, 0.3) is 0 Å². The Morgan fingerprint density at radius 2 is 1.50 bits per heavy atom. The van der Waals surface area contributed by atoms with Crippen molar-refractivity contribution < 1.29 is 13.2 Å². The van der Waals surface area contributed by atoms with Crippen molar-refractivity contribution in [3.05, 3.63) is 65.2 Å². The summed E-state index contributed by atoms with van der Waals surface area (Å²) in [5.74, 6) is 0.859. The summed E-state index contributed by atoms with van der Waals surface area (Å²) in [5, 5.41) is 3.39. The molecule has 0 aliphatic carbocycles. The van der Waals surface area contributed by atoms with Gasteiger partial charge in [0.15, 0.2) is 0 Å². The van der Waals surface area contributed by atoms with Crippen molar-refractivity contribution in [1.29, 1.82) is 0 Å². The van der Waals surface area contributed by atoms with E-state index in [-0.39, 0.29) is 11.8 Å². The summed E-state index contributed by atoms with van der Waals surface area (Å²) < 4.78 is 32.7. The molecule has 5 nitrogen and oxygen atoms in total. The van der Waals surface area contributed by atoms with Crippen LogP contribution in [0.15, 0.2) is 48.5 Å². The van der Waals surface area contributed by atoms with Gasteiger partial charge in [-0.3, -0.25) is 0 Å². The van der Waals surface area contributed by atoms with Gasteiger partial charge in [0.1, 0.15) is 5.75 Å². The van der Waals surface area contributed by atoms with Gasteiger partial charge in [0.25, 0.3) is 0 Å². The summed E-state index contributed by atoms with van der Waals surface area (Å²) in [7, 11) is -3.35. The minimum absolute atomic E-state index is 0.0153. The number of nitrogens with one attached hydrogen (secondary N) is 2. The van der Waals surface area contributed by atoms with Crippen LogP contribution >= 0.6 is 0 Å². The zero-order valence-corrected chi connectivity index (χ0v) is 16.5. The van der Waals surface area contributed by atoms with E-state index in [1.54, 1.807) is 0 Å². The third kappa shape index (κ3) is 6.44. The number of rotatable bonds is 10. The molecule has 142 valence electrons. The standard InChI is InChI=1S/C20H28N2O3S/c1-4-25-20-12-8-7-10-18(20)14-21-13-17-9-5-6-11-19(17)15-26(23,24)22-16(2)3/h5-12,16,21-22H,4,13-15H2,1-3H3. The number of hydrogen-bond acceptors (Lipinski definition) is 4. The normalized spacial score (nSPS) is 11.7. The van der Waals surface area contributed by atoms with Crippen LogP contribution in [-0.4, -0.2) is 21.1 Å². The third-order valence-electron chi connectivity index (χ3n) is 3.78. The summed E-state index contributed by atoms with van der Waals surface area (Å²) in [4.78, 5) is 0. The molecule has 0 bridgehead atoms. The van der Waals surface area contributed by atoms with Gasteiger partial charge in [-0.25, -0.2) is 13.1 Å². The molecular weight excluding hydrogens is 348 g/mol. The first-order chi connectivity index (χ1) is 12.4. The smallest absolute Gasteiger partial charge is 0.216 e. The maximum Gasteiger partial charge on any atom is 0.216 e. The zero-order chi connectivity index (χ0) is 19.0. The minimum Gasteiger partial charge on any atom is -0.494 e. The number of hydrogen-bond donors (Lipinski definition) is 2. The van der Waals surface area contributed by atoms with Crippen molar-refractivity contribution in [2.24, 2.45) is 0 Å². The molecule has 26 heavy (non-hydrogen) atoms. The van der Waals surface area contributed by atoms with E-state index in [1.165, 1.54) is 0 Å². The molecule has 2 N–H and O–H groups in total. The second kappa shape index (κ2) is 9.71. The fourth-order valence-corrected chi connectivity index (χ4v) is 4.25. The van der Waals surface area contributed by atoms with E-state index >= 15 is 0 Å². The van der Waals surface area contributed by atoms with Crippen molar-refractivity contribution in [2.45, 2.75) is 45.7 Å². The van der Waals surface area contributed by atoms with Gasteiger partial charge in [0.05, 0.1) is 12.4 Å². The van der Waals surface area contributed by atoms with E-state index in [0.717, 1.165) is 22.4 Å². The topological polar surface area (TPSA) is 67.4 Å². The van der Waals surface area contributed by atoms with Crippen LogP contribution in [0.5, 0.6) is 5.75 Å². The predicted octanol–water partition coefficient (Wildman–Crippen LogP) is 3.20. The molecule has 0 atom stereocenters. The Balaban J connectivity index is 2.03. The van der Waals surface area contributed by atoms with Crippen LogP contribution in [0, 0.1) is 0 Å². The Hall–Kier alpha value is -1.89. The van der Waals surface area contributed by atoms with Gasteiger partial charge in [0, 0.05) is 24.7 Å². The molecule has 0 aliphatic heterocycles. The lowest BCUT2D eigenvalue weighted by Gasteiger charge is -2.14. The Morgan fingerprint density at radius 1 is 0.923 bits per heavy atom. The van der Waals surface area contributed by atoms with Crippen molar-refractivity contribution >= 4 is 10.0 Å². The molecule has 0 radical (unpaired) electrons. The summed E-state index contributed by atoms with van der Waals surface area (Å²) in [5.41, 5.74) is 2.88. The first kappa shape index (κ1) is 20.4. The summed E-state index contributed by atoms with van der Waals surface area (Å²) >= 11 is 0.